The van der Waals surface area contributed by atoms with E-state index in [0.717, 1.165) is 35.9 Å². The smallest absolute Gasteiger partial charge is 0.209 e. The van der Waals surface area contributed by atoms with Gasteiger partial charge in [-0.2, -0.15) is 0 Å². The summed E-state index contributed by atoms with van der Waals surface area (Å²) < 4.78 is 30.3. The number of ether oxygens (including phenoxy) is 3. The molecule has 2 aromatic carbocycles. The summed E-state index contributed by atoms with van der Waals surface area (Å²) in [6.45, 7) is 4.38. The molecule has 5 nitrogen and oxygen atoms in total. The van der Waals surface area contributed by atoms with Gasteiger partial charge in [-0.1, -0.05) is 54.4 Å². The lowest BCUT2D eigenvalue weighted by atomic mass is 10.0. The number of benzene rings is 2. The second kappa shape index (κ2) is 13.5. The zero-order valence-electron chi connectivity index (χ0n) is 18.8. The van der Waals surface area contributed by atoms with Gasteiger partial charge in [-0.15, -0.1) is 0 Å². The van der Waals surface area contributed by atoms with Crippen LogP contribution in [0.3, 0.4) is 0 Å². The summed E-state index contributed by atoms with van der Waals surface area (Å²) in [6.07, 6.45) is -0.142. The van der Waals surface area contributed by atoms with Crippen LogP contribution in [0.15, 0.2) is 54.6 Å². The van der Waals surface area contributed by atoms with Gasteiger partial charge in [0.1, 0.15) is 11.5 Å². The molecule has 7 heteroatoms. The fourth-order valence-electron chi connectivity index (χ4n) is 3.04. The van der Waals surface area contributed by atoms with Crippen LogP contribution < -0.4 is 4.74 Å². The molecular formula is C23H30BO5S. The van der Waals surface area contributed by atoms with E-state index in [9.17, 15) is 4.79 Å². The van der Waals surface area contributed by atoms with E-state index in [1.807, 2.05) is 61.5 Å². The summed E-state index contributed by atoms with van der Waals surface area (Å²) in [5, 5.41) is 0. The molecule has 0 aliphatic carbocycles. The molecule has 0 fully saturated rings. The van der Waals surface area contributed by atoms with Crippen LogP contribution in [0.1, 0.15) is 37.8 Å². The highest BCUT2D eigenvalue weighted by Crippen LogP contribution is 2.21. The minimum Gasteiger partial charge on any atom is -0.497 e. The molecule has 0 saturated heterocycles. The van der Waals surface area contributed by atoms with Crippen molar-refractivity contribution < 1.29 is 23.2 Å². The fourth-order valence-corrected chi connectivity index (χ4v) is 3.35. The molecular weight excluding hydrogens is 399 g/mol. The summed E-state index contributed by atoms with van der Waals surface area (Å²) in [7, 11) is 2.74. The number of ketones is 1. The molecule has 30 heavy (non-hydrogen) atoms. The summed E-state index contributed by atoms with van der Waals surface area (Å²) in [5.41, 5.74) is 2.10. The first kappa shape index (κ1) is 22.9. The average Bonchev–Trinajstić information content (AvgIpc) is 2.79. The monoisotopic (exact) mass is 431 g/mol. The van der Waals surface area contributed by atoms with Gasteiger partial charge in [0.25, 0.3) is 0 Å². The molecule has 0 heterocycles. The maximum absolute atomic E-state index is 11.7. The topological polar surface area (TPSA) is 54.0 Å². The van der Waals surface area contributed by atoms with Crippen LogP contribution in [0.25, 0.3) is 0 Å². The molecule has 0 aliphatic rings. The standard InChI is InChI=1S/C23H30BO5S/c1-17(25)13-22(29-30-24)14-23(18(2)27-15-19-7-5-4-6-8-19)28-16-20-9-11-21(26-3)12-10-20/h4-12,18,22-24H,13-16H2,1-3H3/t18-,22-,23+/m0/s1/i24T. The molecule has 0 N–H and O–H groups in total. The predicted molar refractivity (Wildman–Crippen MR) is 122 cm³/mol. The van der Waals surface area contributed by atoms with E-state index in [-0.39, 0.29) is 30.5 Å². The second-order valence-corrected chi connectivity index (χ2v) is 7.54. The Kier molecular flexibility index (Phi) is 10.3. The van der Waals surface area contributed by atoms with Gasteiger partial charge in [0.15, 0.2) is 0 Å². The van der Waals surface area contributed by atoms with Crippen LogP contribution >= 0.6 is 11.9 Å². The van der Waals surface area contributed by atoms with E-state index in [1.165, 1.54) is 6.92 Å². The van der Waals surface area contributed by atoms with E-state index in [1.54, 1.807) is 7.11 Å². The number of hydrogen-bond acceptors (Lipinski definition) is 6. The average molecular weight is 431 g/mol. The number of hydrogen-bond donors (Lipinski definition) is 0. The number of Topliss-reactive ketones (excluding diaryl/α,β-unsaturated/α-hetero) is 1. The van der Waals surface area contributed by atoms with Gasteiger partial charge >= 0.3 is 0 Å². The van der Waals surface area contributed by atoms with Crippen molar-refractivity contribution in [3.05, 3.63) is 65.7 Å². The zero-order chi connectivity index (χ0) is 22.5. The highest BCUT2D eigenvalue weighted by Gasteiger charge is 2.25. The maximum atomic E-state index is 11.7. The summed E-state index contributed by atoms with van der Waals surface area (Å²) in [5.74, 6) is 0.820. The predicted octanol–water partition coefficient (Wildman–Crippen LogP) is 4.40. The van der Waals surface area contributed by atoms with E-state index >= 15 is 0 Å². The molecule has 161 valence electrons. The van der Waals surface area contributed by atoms with Crippen molar-refractivity contribution in [2.24, 2.45) is 0 Å². The van der Waals surface area contributed by atoms with Crippen LogP contribution in [-0.2, 0) is 31.7 Å². The summed E-state index contributed by atoms with van der Waals surface area (Å²) in [6, 6.07) is 17.7. The molecule has 0 unspecified atom stereocenters. The number of rotatable bonds is 15. The van der Waals surface area contributed by atoms with Crippen molar-refractivity contribution in [2.75, 3.05) is 7.11 Å². The van der Waals surface area contributed by atoms with Crippen molar-refractivity contribution in [3.63, 3.8) is 0 Å². The normalized spacial score (nSPS) is 14.4. The third kappa shape index (κ3) is 8.92. The SMILES string of the molecule is [3H][B]SO[C@@H](CC(C)=O)C[C@@H](OCc1ccc(OC)cc1)[C@H](C)OCc1ccccc1. The lowest BCUT2D eigenvalue weighted by Crippen LogP contribution is -2.33. The van der Waals surface area contributed by atoms with E-state index in [4.69, 9.17) is 19.7 Å². The van der Waals surface area contributed by atoms with Crippen LogP contribution in [0.2, 0.25) is 0 Å². The van der Waals surface area contributed by atoms with Crippen LogP contribution in [0.4, 0.5) is 0 Å². The summed E-state index contributed by atoms with van der Waals surface area (Å²) in [4.78, 5) is 11.7. The highest BCUT2D eigenvalue weighted by atomic mass is 32.2. The van der Waals surface area contributed by atoms with Gasteiger partial charge in [0.05, 0.1) is 38.6 Å². The summed E-state index contributed by atoms with van der Waals surface area (Å²) >= 11 is 0.920. The minimum atomic E-state index is -0.368. The molecule has 0 aromatic heterocycles. The van der Waals surface area contributed by atoms with Gasteiger partial charge in [-0.25, -0.2) is 0 Å². The van der Waals surface area contributed by atoms with Gasteiger partial charge in [-0.05, 0) is 38.4 Å². The molecule has 3 atom stereocenters. The quantitative estimate of drug-likeness (QED) is 0.308. The maximum Gasteiger partial charge on any atom is 0.209 e. The Morgan fingerprint density at radius 2 is 1.73 bits per heavy atom. The zero-order valence-corrected chi connectivity index (χ0v) is 18.6. The van der Waals surface area contributed by atoms with Crippen molar-refractivity contribution in [2.45, 2.75) is 58.2 Å². The van der Waals surface area contributed by atoms with Crippen molar-refractivity contribution in [3.8, 4) is 5.75 Å². The van der Waals surface area contributed by atoms with Gasteiger partial charge in [0, 0.05) is 12.8 Å². The number of carbonyl (C=O) groups is 1. The lowest BCUT2D eigenvalue weighted by Gasteiger charge is -2.28. The van der Waals surface area contributed by atoms with E-state index in [0.29, 0.717) is 19.6 Å². The first-order valence-corrected chi connectivity index (χ1v) is 10.7. The van der Waals surface area contributed by atoms with Crippen molar-refractivity contribution >= 4 is 24.8 Å². The fraction of sp³-hybridized carbons (Fsp3) is 0.435. The van der Waals surface area contributed by atoms with Gasteiger partial charge in [0.2, 0.25) is 7.09 Å². The third-order valence-corrected chi connectivity index (χ3v) is 5.09. The minimum absolute atomic E-state index is 0.0299. The second-order valence-electron chi connectivity index (χ2n) is 7.16. The van der Waals surface area contributed by atoms with Crippen molar-refractivity contribution in [1.82, 2.24) is 0 Å². The molecule has 0 bridgehead atoms. The van der Waals surface area contributed by atoms with Crippen LogP contribution in [0.5, 0.6) is 5.75 Å². The Labute approximate surface area is 186 Å². The van der Waals surface area contributed by atoms with Gasteiger partial charge < -0.3 is 18.4 Å². The lowest BCUT2D eigenvalue weighted by molar-refractivity contribution is -0.120. The molecule has 0 aliphatic heterocycles. The highest BCUT2D eigenvalue weighted by molar-refractivity contribution is 8.15. The molecule has 1 radical (unpaired) electrons. The largest absolute Gasteiger partial charge is 0.497 e. The number of methoxy groups -OCH3 is 1. The third-order valence-electron chi connectivity index (χ3n) is 4.70. The molecule has 2 rings (SSSR count). The molecule has 0 saturated carbocycles. The molecule has 0 spiro atoms. The Balaban J connectivity index is 2.04. The Morgan fingerprint density at radius 1 is 1.07 bits per heavy atom. The first-order chi connectivity index (χ1) is 15.0. The molecule has 0 amide bonds. The van der Waals surface area contributed by atoms with E-state index < -0.39 is 0 Å². The van der Waals surface area contributed by atoms with Crippen LogP contribution in [-0.4, -0.2) is 39.6 Å². The Bertz CT molecular complexity index is 762. The van der Waals surface area contributed by atoms with Crippen LogP contribution in [0, 0.1) is 0 Å². The van der Waals surface area contributed by atoms with Gasteiger partial charge in [-0.3, -0.25) is 4.79 Å². The first-order valence-electron chi connectivity index (χ1n) is 10.5. The number of carbonyl (C=O) groups excluding carboxylic acids is 1. The Morgan fingerprint density at radius 3 is 2.37 bits per heavy atom. The molecule has 2 aromatic rings. The van der Waals surface area contributed by atoms with E-state index in [2.05, 4.69) is 0 Å². The Hall–Kier alpha value is -1.80. The van der Waals surface area contributed by atoms with Crippen molar-refractivity contribution in [1.29, 1.82) is 1.34 Å².